The van der Waals surface area contributed by atoms with E-state index in [1.165, 1.54) is 19.3 Å². The van der Waals surface area contributed by atoms with Crippen LogP contribution in [0.5, 0.6) is 0 Å². The summed E-state index contributed by atoms with van der Waals surface area (Å²) in [5.74, 6) is -0.0164. The van der Waals surface area contributed by atoms with E-state index in [1.54, 1.807) is 0 Å². The zero-order valence-corrected chi connectivity index (χ0v) is 12.3. The van der Waals surface area contributed by atoms with Gasteiger partial charge in [0.25, 0.3) is 0 Å². The smallest absolute Gasteiger partial charge is 0.329 e. The van der Waals surface area contributed by atoms with E-state index in [9.17, 15) is 9.90 Å². The maximum Gasteiger partial charge on any atom is 0.329 e. The Balaban J connectivity index is 2.12. The van der Waals surface area contributed by atoms with Gasteiger partial charge in [0.15, 0.2) is 0 Å². The molecule has 0 amide bonds. The number of para-hydroxylation sites is 1. The highest BCUT2D eigenvalue weighted by molar-refractivity contribution is 5.82. The fraction of sp³-hybridized carbons (Fsp3) is 0.588. The molecule has 0 spiro atoms. The van der Waals surface area contributed by atoms with Crippen molar-refractivity contribution < 1.29 is 9.90 Å². The molecule has 0 bridgehead atoms. The second-order valence-electron chi connectivity index (χ2n) is 5.96. The number of carbonyl (C=O) groups is 1. The molecule has 0 aliphatic heterocycles. The minimum absolute atomic E-state index is 0.693. The lowest BCUT2D eigenvalue weighted by Gasteiger charge is -2.30. The zero-order chi connectivity index (χ0) is 14.4. The van der Waals surface area contributed by atoms with Gasteiger partial charge in [0.1, 0.15) is 5.54 Å². The first-order valence-electron chi connectivity index (χ1n) is 7.73. The Morgan fingerprint density at radius 2 is 2.05 bits per heavy atom. The van der Waals surface area contributed by atoms with Crippen LogP contribution in [-0.2, 0) is 4.79 Å². The molecular weight excluding hydrogens is 250 g/mol. The van der Waals surface area contributed by atoms with Crippen LogP contribution < -0.4 is 5.32 Å². The Bertz CT molecular complexity index is 432. The predicted molar refractivity (Wildman–Crippen MR) is 81.9 cm³/mol. The molecule has 0 heterocycles. The Kier molecular flexibility index (Phi) is 5.05. The number of hydrogen-bond acceptors (Lipinski definition) is 2. The maximum atomic E-state index is 11.8. The monoisotopic (exact) mass is 275 g/mol. The molecule has 1 aliphatic rings. The lowest BCUT2D eigenvalue weighted by atomic mass is 9.88. The normalized spacial score (nSPS) is 26.8. The van der Waals surface area contributed by atoms with Crippen molar-refractivity contribution in [2.75, 3.05) is 5.32 Å². The predicted octanol–water partition coefficient (Wildman–Crippen LogP) is 4.30. The molecule has 110 valence electrons. The van der Waals surface area contributed by atoms with Crippen LogP contribution in [0.1, 0.15) is 51.9 Å². The summed E-state index contributed by atoms with van der Waals surface area (Å²) < 4.78 is 0. The molecule has 2 unspecified atom stereocenters. The quantitative estimate of drug-likeness (QED) is 0.788. The first kappa shape index (κ1) is 14.9. The molecular formula is C17H25NO2. The van der Waals surface area contributed by atoms with E-state index in [1.807, 2.05) is 30.3 Å². The van der Waals surface area contributed by atoms with Crippen LogP contribution in [0, 0.1) is 5.92 Å². The summed E-state index contributed by atoms with van der Waals surface area (Å²) in [6.45, 7) is 2.21. The molecule has 0 aromatic heterocycles. The van der Waals surface area contributed by atoms with E-state index in [-0.39, 0.29) is 0 Å². The van der Waals surface area contributed by atoms with Crippen LogP contribution in [0.25, 0.3) is 0 Å². The number of anilines is 1. The Morgan fingerprint density at radius 3 is 2.70 bits per heavy atom. The number of rotatable bonds is 5. The first-order chi connectivity index (χ1) is 9.66. The van der Waals surface area contributed by atoms with E-state index < -0.39 is 11.5 Å². The Morgan fingerprint density at radius 1 is 1.30 bits per heavy atom. The van der Waals surface area contributed by atoms with Crippen molar-refractivity contribution in [3.05, 3.63) is 30.3 Å². The van der Waals surface area contributed by atoms with Crippen LogP contribution in [0.3, 0.4) is 0 Å². The minimum atomic E-state index is -0.788. The molecule has 20 heavy (non-hydrogen) atoms. The number of carboxylic acid groups (broad SMARTS) is 1. The third kappa shape index (κ3) is 3.53. The van der Waals surface area contributed by atoms with Gasteiger partial charge in [-0.1, -0.05) is 50.8 Å². The van der Waals surface area contributed by atoms with E-state index in [4.69, 9.17) is 0 Å². The molecule has 2 atom stereocenters. The molecule has 3 heteroatoms. The van der Waals surface area contributed by atoms with Gasteiger partial charge in [-0.2, -0.15) is 0 Å². The van der Waals surface area contributed by atoms with Crippen LogP contribution in [0.15, 0.2) is 30.3 Å². The second kappa shape index (κ2) is 6.78. The highest BCUT2D eigenvalue weighted by Crippen LogP contribution is 2.35. The number of carboxylic acids is 1. The Labute approximate surface area is 121 Å². The third-order valence-electron chi connectivity index (χ3n) is 4.46. The second-order valence-corrected chi connectivity index (χ2v) is 5.96. The highest BCUT2D eigenvalue weighted by atomic mass is 16.4. The number of benzene rings is 1. The van der Waals surface area contributed by atoms with Crippen molar-refractivity contribution >= 4 is 11.7 Å². The van der Waals surface area contributed by atoms with Gasteiger partial charge < -0.3 is 10.4 Å². The van der Waals surface area contributed by atoms with Crippen molar-refractivity contribution in [2.45, 2.75) is 57.4 Å². The van der Waals surface area contributed by atoms with E-state index in [2.05, 4.69) is 12.2 Å². The van der Waals surface area contributed by atoms with E-state index >= 15 is 0 Å². The van der Waals surface area contributed by atoms with Gasteiger partial charge in [0.2, 0.25) is 0 Å². The molecule has 1 aliphatic carbocycles. The summed E-state index contributed by atoms with van der Waals surface area (Å²) in [5, 5.41) is 13.0. The fourth-order valence-corrected chi connectivity index (χ4v) is 3.30. The maximum absolute atomic E-state index is 11.8. The average Bonchev–Trinajstić information content (AvgIpc) is 2.64. The van der Waals surface area contributed by atoms with Gasteiger partial charge in [-0.15, -0.1) is 0 Å². The minimum Gasteiger partial charge on any atom is -0.480 e. The summed E-state index contributed by atoms with van der Waals surface area (Å²) in [4.78, 5) is 11.8. The van der Waals surface area contributed by atoms with Crippen LogP contribution in [0.2, 0.25) is 0 Å². The molecule has 1 aromatic carbocycles. The Hall–Kier alpha value is -1.51. The SMILES string of the molecule is CCCC1CCCC(Nc2ccccc2)(C(=O)O)CC1. The number of aliphatic carboxylic acids is 1. The molecule has 0 radical (unpaired) electrons. The fourth-order valence-electron chi connectivity index (χ4n) is 3.30. The summed E-state index contributed by atoms with van der Waals surface area (Å²) in [5.41, 5.74) is 0.118. The molecule has 1 fully saturated rings. The average molecular weight is 275 g/mol. The highest BCUT2D eigenvalue weighted by Gasteiger charge is 2.39. The van der Waals surface area contributed by atoms with Gasteiger partial charge >= 0.3 is 5.97 Å². The standard InChI is InChI=1S/C17H25NO2/c1-2-7-14-8-6-12-17(13-11-14,16(19)20)18-15-9-4-3-5-10-15/h3-5,9-10,14,18H,2,6-8,11-13H2,1H3,(H,19,20). The van der Waals surface area contributed by atoms with Gasteiger partial charge in [0.05, 0.1) is 0 Å². The van der Waals surface area contributed by atoms with Gasteiger partial charge in [-0.05, 0) is 37.3 Å². The summed E-state index contributed by atoms with van der Waals surface area (Å²) in [7, 11) is 0. The van der Waals surface area contributed by atoms with Crippen molar-refractivity contribution in [1.82, 2.24) is 0 Å². The topological polar surface area (TPSA) is 49.3 Å². The first-order valence-corrected chi connectivity index (χ1v) is 7.73. The lowest BCUT2D eigenvalue weighted by Crippen LogP contribution is -2.46. The van der Waals surface area contributed by atoms with Gasteiger partial charge in [-0.3, -0.25) is 0 Å². The van der Waals surface area contributed by atoms with Crippen LogP contribution >= 0.6 is 0 Å². The summed E-state index contributed by atoms with van der Waals surface area (Å²) in [6.07, 6.45) is 7.04. The number of hydrogen-bond donors (Lipinski definition) is 2. The third-order valence-corrected chi connectivity index (χ3v) is 4.46. The van der Waals surface area contributed by atoms with Crippen molar-refractivity contribution in [3.63, 3.8) is 0 Å². The zero-order valence-electron chi connectivity index (χ0n) is 12.3. The lowest BCUT2D eigenvalue weighted by molar-refractivity contribution is -0.142. The summed E-state index contributed by atoms with van der Waals surface area (Å²) >= 11 is 0. The van der Waals surface area contributed by atoms with Crippen LogP contribution in [-0.4, -0.2) is 16.6 Å². The van der Waals surface area contributed by atoms with Crippen molar-refractivity contribution in [1.29, 1.82) is 0 Å². The molecule has 1 aromatic rings. The van der Waals surface area contributed by atoms with Crippen molar-refractivity contribution in [2.24, 2.45) is 5.92 Å². The molecule has 1 saturated carbocycles. The van der Waals surface area contributed by atoms with E-state index in [0.29, 0.717) is 5.92 Å². The van der Waals surface area contributed by atoms with Crippen molar-refractivity contribution in [3.8, 4) is 0 Å². The largest absolute Gasteiger partial charge is 0.480 e. The van der Waals surface area contributed by atoms with Gasteiger partial charge in [-0.25, -0.2) is 4.79 Å². The van der Waals surface area contributed by atoms with E-state index in [0.717, 1.165) is 31.4 Å². The molecule has 3 nitrogen and oxygen atoms in total. The molecule has 0 saturated heterocycles. The van der Waals surface area contributed by atoms with Crippen LogP contribution in [0.4, 0.5) is 5.69 Å². The summed E-state index contributed by atoms with van der Waals surface area (Å²) in [6, 6.07) is 9.71. The molecule has 2 N–H and O–H groups in total. The molecule has 2 rings (SSSR count). The van der Waals surface area contributed by atoms with Gasteiger partial charge in [0, 0.05) is 5.69 Å². The number of nitrogens with one attached hydrogen (secondary N) is 1.